The van der Waals surface area contributed by atoms with E-state index < -0.39 is 0 Å². The van der Waals surface area contributed by atoms with Crippen LogP contribution in [0, 0.1) is 5.92 Å². The lowest BCUT2D eigenvalue weighted by Gasteiger charge is -2.31. The summed E-state index contributed by atoms with van der Waals surface area (Å²) in [5.41, 5.74) is 3.20. The van der Waals surface area contributed by atoms with E-state index in [2.05, 4.69) is 40.3 Å². The number of likely N-dealkylation sites (tertiary alicyclic amines) is 1. The number of carbonyl (C=O) groups excluding carboxylic acids is 1. The summed E-state index contributed by atoms with van der Waals surface area (Å²) in [4.78, 5) is 18.3. The molecule has 1 N–H and O–H groups in total. The van der Waals surface area contributed by atoms with E-state index in [1.807, 2.05) is 18.2 Å². The van der Waals surface area contributed by atoms with Gasteiger partial charge in [0.25, 0.3) is 0 Å². The first-order valence-electron chi connectivity index (χ1n) is 11.5. The van der Waals surface area contributed by atoms with Gasteiger partial charge in [-0.2, -0.15) is 0 Å². The lowest BCUT2D eigenvalue weighted by atomic mass is 9.89. The van der Waals surface area contributed by atoms with Crippen molar-refractivity contribution in [2.75, 3.05) is 32.8 Å². The van der Waals surface area contributed by atoms with Crippen molar-refractivity contribution in [3.63, 3.8) is 0 Å². The number of nitrogens with zero attached hydrogens (tertiary/aromatic N) is 1. The Morgan fingerprint density at radius 1 is 1.00 bits per heavy atom. The molecular formula is C26H30N2O3. The molecule has 2 aromatic carbocycles. The van der Waals surface area contributed by atoms with Crippen LogP contribution in [-0.4, -0.2) is 48.7 Å². The molecule has 31 heavy (non-hydrogen) atoms. The zero-order valence-corrected chi connectivity index (χ0v) is 17.9. The summed E-state index contributed by atoms with van der Waals surface area (Å²) in [6.07, 6.45) is 6.84. The molecule has 5 nitrogen and oxygen atoms in total. The molecule has 1 aliphatic heterocycles. The third-order valence-corrected chi connectivity index (χ3v) is 6.57. The summed E-state index contributed by atoms with van der Waals surface area (Å²) in [7, 11) is 0. The Morgan fingerprint density at radius 2 is 1.77 bits per heavy atom. The fourth-order valence-corrected chi connectivity index (χ4v) is 4.50. The van der Waals surface area contributed by atoms with Crippen molar-refractivity contribution in [2.24, 2.45) is 5.92 Å². The average molecular weight is 419 g/mol. The second-order valence-corrected chi connectivity index (χ2v) is 8.79. The van der Waals surface area contributed by atoms with E-state index in [1.165, 1.54) is 29.3 Å². The minimum absolute atomic E-state index is 0.276. The Hall–Kier alpha value is -2.79. The normalized spacial score (nSPS) is 17.7. The summed E-state index contributed by atoms with van der Waals surface area (Å²) in [6, 6.07) is 16.0. The minimum atomic E-state index is -0.276. The number of fused-ring (bicyclic) bond motifs is 1. The Bertz CT molecular complexity index is 1030. The maximum atomic E-state index is 12.4. The molecule has 162 valence electrons. The van der Waals surface area contributed by atoms with Crippen LogP contribution in [-0.2, 0) is 4.74 Å². The first-order chi connectivity index (χ1) is 15.3. The van der Waals surface area contributed by atoms with Gasteiger partial charge >= 0.3 is 5.97 Å². The highest BCUT2D eigenvalue weighted by Gasteiger charge is 2.25. The predicted octanol–water partition coefficient (Wildman–Crippen LogP) is 4.99. The van der Waals surface area contributed by atoms with E-state index in [9.17, 15) is 4.79 Å². The monoisotopic (exact) mass is 418 g/mol. The number of carbonyl (C=O) groups is 1. The van der Waals surface area contributed by atoms with E-state index in [0.29, 0.717) is 36.4 Å². The summed E-state index contributed by atoms with van der Waals surface area (Å²) < 4.78 is 11.4. The molecule has 1 saturated heterocycles. The summed E-state index contributed by atoms with van der Waals surface area (Å²) in [6.45, 7) is 4.10. The zero-order chi connectivity index (χ0) is 21.0. The van der Waals surface area contributed by atoms with Crippen LogP contribution in [0.4, 0.5) is 0 Å². The highest BCUT2D eigenvalue weighted by molar-refractivity contribution is 5.92. The highest BCUT2D eigenvalue weighted by Crippen LogP contribution is 2.33. The predicted molar refractivity (Wildman–Crippen MR) is 122 cm³/mol. The molecule has 2 fully saturated rings. The molecule has 5 heteroatoms. The van der Waals surface area contributed by atoms with E-state index in [0.717, 1.165) is 32.5 Å². The zero-order valence-electron chi connectivity index (χ0n) is 17.9. The van der Waals surface area contributed by atoms with Gasteiger partial charge in [0, 0.05) is 23.6 Å². The SMILES string of the molecule is O=C(OCC1CC1)c1ccccc1OCCN1CCC(c2c[nH]c3ccccc23)CC1. The van der Waals surface area contributed by atoms with Crippen molar-refractivity contribution < 1.29 is 14.3 Å². The van der Waals surface area contributed by atoms with Crippen LogP contribution in [0.5, 0.6) is 5.75 Å². The molecule has 5 rings (SSSR count). The third-order valence-electron chi connectivity index (χ3n) is 6.57. The lowest BCUT2D eigenvalue weighted by Crippen LogP contribution is -2.35. The van der Waals surface area contributed by atoms with Crippen molar-refractivity contribution in [1.82, 2.24) is 9.88 Å². The molecule has 0 atom stereocenters. The Balaban J connectivity index is 1.11. The Morgan fingerprint density at radius 3 is 2.61 bits per heavy atom. The molecular weight excluding hydrogens is 388 g/mol. The molecule has 1 saturated carbocycles. The lowest BCUT2D eigenvalue weighted by molar-refractivity contribution is 0.0480. The van der Waals surface area contributed by atoms with E-state index in [1.54, 1.807) is 6.07 Å². The topological polar surface area (TPSA) is 54.6 Å². The summed E-state index contributed by atoms with van der Waals surface area (Å²) in [5, 5.41) is 1.36. The maximum absolute atomic E-state index is 12.4. The van der Waals surface area contributed by atoms with Gasteiger partial charge in [0.1, 0.15) is 17.9 Å². The number of piperidine rings is 1. The van der Waals surface area contributed by atoms with E-state index in [-0.39, 0.29) is 5.97 Å². The van der Waals surface area contributed by atoms with Crippen molar-refractivity contribution in [2.45, 2.75) is 31.6 Å². The molecule has 0 unspecified atom stereocenters. The largest absolute Gasteiger partial charge is 0.491 e. The second-order valence-electron chi connectivity index (χ2n) is 8.79. The van der Waals surface area contributed by atoms with Gasteiger partial charge in [0.2, 0.25) is 0 Å². The first kappa shape index (κ1) is 20.1. The number of rotatable bonds is 8. The van der Waals surface area contributed by atoms with Crippen LogP contribution < -0.4 is 4.74 Å². The number of ether oxygens (including phenoxy) is 2. The van der Waals surface area contributed by atoms with Crippen LogP contribution in [0.3, 0.4) is 0 Å². The number of nitrogens with one attached hydrogen (secondary N) is 1. The number of esters is 1. The number of para-hydroxylation sites is 2. The van der Waals surface area contributed by atoms with Gasteiger partial charge in [-0.15, -0.1) is 0 Å². The summed E-state index contributed by atoms with van der Waals surface area (Å²) >= 11 is 0. The van der Waals surface area contributed by atoms with Crippen LogP contribution >= 0.6 is 0 Å². The number of H-pyrrole nitrogens is 1. The molecule has 0 radical (unpaired) electrons. The number of benzene rings is 2. The van der Waals surface area contributed by atoms with Gasteiger partial charge in [-0.05, 0) is 74.4 Å². The molecule has 1 aromatic heterocycles. The van der Waals surface area contributed by atoms with Gasteiger partial charge < -0.3 is 14.5 Å². The van der Waals surface area contributed by atoms with Gasteiger partial charge in [-0.3, -0.25) is 4.90 Å². The highest BCUT2D eigenvalue weighted by atomic mass is 16.5. The smallest absolute Gasteiger partial charge is 0.341 e. The fraction of sp³-hybridized carbons (Fsp3) is 0.423. The van der Waals surface area contributed by atoms with Crippen LogP contribution in [0.25, 0.3) is 10.9 Å². The molecule has 2 aliphatic rings. The molecule has 2 heterocycles. The fourth-order valence-electron chi connectivity index (χ4n) is 4.50. The Labute approximate surface area is 183 Å². The standard InChI is InChI=1S/C26H30N2O3/c29-26(31-18-19-9-10-19)22-6-2-4-8-25(22)30-16-15-28-13-11-20(12-14-28)23-17-27-24-7-3-1-5-21(23)24/h1-8,17,19-20,27H,9-16,18H2. The van der Waals surface area contributed by atoms with Gasteiger partial charge in [0.05, 0.1) is 6.61 Å². The first-order valence-corrected chi connectivity index (χ1v) is 11.5. The van der Waals surface area contributed by atoms with Crippen LogP contribution in [0.2, 0.25) is 0 Å². The van der Waals surface area contributed by atoms with E-state index in [4.69, 9.17) is 9.47 Å². The van der Waals surface area contributed by atoms with Gasteiger partial charge in [0.15, 0.2) is 0 Å². The molecule has 0 spiro atoms. The maximum Gasteiger partial charge on any atom is 0.341 e. The van der Waals surface area contributed by atoms with Crippen molar-refractivity contribution in [3.8, 4) is 5.75 Å². The number of aromatic nitrogens is 1. The molecule has 0 amide bonds. The summed E-state index contributed by atoms with van der Waals surface area (Å²) in [5.74, 6) is 1.51. The third kappa shape index (κ3) is 4.77. The quantitative estimate of drug-likeness (QED) is 0.524. The van der Waals surface area contributed by atoms with Gasteiger partial charge in [-0.1, -0.05) is 30.3 Å². The van der Waals surface area contributed by atoms with Gasteiger partial charge in [-0.25, -0.2) is 4.79 Å². The Kier molecular flexibility index (Phi) is 5.94. The minimum Gasteiger partial charge on any atom is -0.491 e. The van der Waals surface area contributed by atoms with Crippen molar-refractivity contribution >= 4 is 16.9 Å². The number of hydrogen-bond acceptors (Lipinski definition) is 4. The number of aromatic amines is 1. The molecule has 3 aromatic rings. The van der Waals surface area contributed by atoms with E-state index >= 15 is 0 Å². The van der Waals surface area contributed by atoms with Crippen LogP contribution in [0.15, 0.2) is 54.7 Å². The van der Waals surface area contributed by atoms with Crippen LogP contribution in [0.1, 0.15) is 47.5 Å². The molecule has 1 aliphatic carbocycles. The second kappa shape index (κ2) is 9.15. The van der Waals surface area contributed by atoms with Crippen molar-refractivity contribution in [1.29, 1.82) is 0 Å². The molecule has 0 bridgehead atoms. The average Bonchev–Trinajstić information content (AvgIpc) is 3.55. The number of hydrogen-bond donors (Lipinski definition) is 1. The van der Waals surface area contributed by atoms with Crippen molar-refractivity contribution in [3.05, 3.63) is 65.9 Å².